The van der Waals surface area contributed by atoms with Gasteiger partial charge in [-0.1, -0.05) is 28.4 Å². The predicted octanol–water partition coefficient (Wildman–Crippen LogP) is 3.98. The zero-order valence-electron chi connectivity index (χ0n) is 10.7. The number of esters is 1. The topological polar surface area (TPSA) is 38.3 Å². The Morgan fingerprint density at radius 2 is 2.17 bits per heavy atom. The predicted molar refractivity (Wildman–Crippen MR) is 77.7 cm³/mol. The van der Waals surface area contributed by atoms with Crippen molar-refractivity contribution in [2.45, 2.75) is 32.6 Å². The summed E-state index contributed by atoms with van der Waals surface area (Å²) in [6.45, 7) is 3.24. The van der Waals surface area contributed by atoms with E-state index in [9.17, 15) is 4.79 Å². The molecule has 1 N–H and O–H groups in total. The van der Waals surface area contributed by atoms with Crippen LogP contribution in [0.2, 0.25) is 0 Å². The third kappa shape index (κ3) is 6.64. The minimum absolute atomic E-state index is 0.0857. The lowest BCUT2D eigenvalue weighted by Crippen LogP contribution is -2.04. The first-order chi connectivity index (χ1) is 8.72. The summed E-state index contributed by atoms with van der Waals surface area (Å²) in [6, 6.07) is 8.11. The number of carbonyl (C=O) groups is 1. The van der Waals surface area contributed by atoms with Crippen molar-refractivity contribution in [1.29, 1.82) is 0 Å². The quantitative estimate of drug-likeness (QED) is 0.582. The van der Waals surface area contributed by atoms with Gasteiger partial charge < -0.3 is 10.1 Å². The number of carbonyl (C=O) groups excluding carboxylic acids is 1. The fraction of sp³-hybridized carbons (Fsp3) is 0.500. The smallest absolute Gasteiger partial charge is 0.305 e. The SMILES string of the molecule is CCOC(=O)CCCCCNc1cccc(Br)c1. The second-order valence-corrected chi connectivity index (χ2v) is 4.97. The molecule has 100 valence electrons. The normalized spacial score (nSPS) is 10.1. The second-order valence-electron chi connectivity index (χ2n) is 4.05. The van der Waals surface area contributed by atoms with Gasteiger partial charge in [-0.05, 0) is 38.0 Å². The molecule has 0 fully saturated rings. The minimum atomic E-state index is -0.0857. The molecule has 0 amide bonds. The van der Waals surface area contributed by atoms with Gasteiger partial charge in [-0.25, -0.2) is 0 Å². The standard InChI is InChI=1S/C14H20BrNO2/c1-2-18-14(17)9-4-3-5-10-16-13-8-6-7-12(15)11-13/h6-8,11,16H,2-5,9-10H2,1H3. The Hall–Kier alpha value is -1.03. The lowest BCUT2D eigenvalue weighted by atomic mass is 10.2. The number of unbranched alkanes of at least 4 members (excludes halogenated alkanes) is 2. The van der Waals surface area contributed by atoms with E-state index in [0.29, 0.717) is 13.0 Å². The largest absolute Gasteiger partial charge is 0.466 e. The van der Waals surface area contributed by atoms with Gasteiger partial charge in [-0.2, -0.15) is 0 Å². The Balaban J connectivity index is 2.04. The lowest BCUT2D eigenvalue weighted by Gasteiger charge is -2.06. The van der Waals surface area contributed by atoms with Gasteiger partial charge in [-0.3, -0.25) is 4.79 Å². The van der Waals surface area contributed by atoms with Crippen molar-refractivity contribution in [2.75, 3.05) is 18.5 Å². The highest BCUT2D eigenvalue weighted by Gasteiger charge is 2.00. The average molecular weight is 314 g/mol. The van der Waals surface area contributed by atoms with E-state index in [1.807, 2.05) is 25.1 Å². The van der Waals surface area contributed by atoms with Crippen molar-refractivity contribution in [2.24, 2.45) is 0 Å². The molecule has 18 heavy (non-hydrogen) atoms. The molecule has 4 heteroatoms. The summed E-state index contributed by atoms with van der Waals surface area (Å²) in [4.78, 5) is 11.1. The number of hydrogen-bond acceptors (Lipinski definition) is 3. The molecule has 0 atom stereocenters. The van der Waals surface area contributed by atoms with Crippen LogP contribution in [-0.2, 0) is 9.53 Å². The molecule has 1 rings (SSSR count). The number of anilines is 1. The Kier molecular flexibility index (Phi) is 7.49. The number of halogens is 1. The van der Waals surface area contributed by atoms with Crippen molar-refractivity contribution in [3.8, 4) is 0 Å². The van der Waals surface area contributed by atoms with Crippen LogP contribution in [0.15, 0.2) is 28.7 Å². The number of hydrogen-bond donors (Lipinski definition) is 1. The molecule has 0 aliphatic rings. The van der Waals surface area contributed by atoms with E-state index in [1.54, 1.807) is 0 Å². The maximum absolute atomic E-state index is 11.1. The third-order valence-corrected chi connectivity index (χ3v) is 3.01. The van der Waals surface area contributed by atoms with Gasteiger partial charge in [0.1, 0.15) is 0 Å². The van der Waals surface area contributed by atoms with Crippen molar-refractivity contribution in [3.05, 3.63) is 28.7 Å². The lowest BCUT2D eigenvalue weighted by molar-refractivity contribution is -0.143. The Morgan fingerprint density at radius 1 is 1.33 bits per heavy atom. The molecule has 0 saturated carbocycles. The molecule has 0 aromatic heterocycles. The minimum Gasteiger partial charge on any atom is -0.466 e. The van der Waals surface area contributed by atoms with Crippen LogP contribution in [0, 0.1) is 0 Å². The van der Waals surface area contributed by atoms with Crippen LogP contribution < -0.4 is 5.32 Å². The molecule has 0 radical (unpaired) electrons. The molecule has 1 aromatic carbocycles. The maximum Gasteiger partial charge on any atom is 0.305 e. The van der Waals surface area contributed by atoms with Crippen LogP contribution in [0.4, 0.5) is 5.69 Å². The maximum atomic E-state index is 11.1. The molecule has 1 aromatic rings. The second kappa shape index (κ2) is 8.97. The Bertz CT molecular complexity index is 369. The van der Waals surface area contributed by atoms with Crippen molar-refractivity contribution in [1.82, 2.24) is 0 Å². The van der Waals surface area contributed by atoms with Crippen molar-refractivity contribution >= 4 is 27.6 Å². The van der Waals surface area contributed by atoms with E-state index in [0.717, 1.165) is 36.0 Å². The molecular formula is C14H20BrNO2. The molecular weight excluding hydrogens is 294 g/mol. The monoisotopic (exact) mass is 313 g/mol. The fourth-order valence-corrected chi connectivity index (χ4v) is 2.03. The molecule has 3 nitrogen and oxygen atoms in total. The molecule has 0 heterocycles. The highest BCUT2D eigenvalue weighted by atomic mass is 79.9. The zero-order chi connectivity index (χ0) is 13.2. The Labute approximate surface area is 117 Å². The number of rotatable bonds is 8. The van der Waals surface area contributed by atoms with E-state index in [-0.39, 0.29) is 5.97 Å². The Morgan fingerprint density at radius 3 is 2.89 bits per heavy atom. The van der Waals surface area contributed by atoms with Crippen LogP contribution >= 0.6 is 15.9 Å². The van der Waals surface area contributed by atoms with Crippen LogP contribution in [0.25, 0.3) is 0 Å². The van der Waals surface area contributed by atoms with Crippen LogP contribution in [0.1, 0.15) is 32.6 Å². The molecule has 0 aliphatic heterocycles. The van der Waals surface area contributed by atoms with Gasteiger partial charge in [0.15, 0.2) is 0 Å². The summed E-state index contributed by atoms with van der Waals surface area (Å²) in [6.07, 6.45) is 3.54. The van der Waals surface area contributed by atoms with Crippen LogP contribution in [0.5, 0.6) is 0 Å². The van der Waals surface area contributed by atoms with Crippen molar-refractivity contribution < 1.29 is 9.53 Å². The number of benzene rings is 1. The summed E-state index contributed by atoms with van der Waals surface area (Å²) in [5, 5.41) is 3.35. The number of nitrogens with one attached hydrogen (secondary N) is 1. The summed E-state index contributed by atoms with van der Waals surface area (Å²) in [5.74, 6) is -0.0857. The summed E-state index contributed by atoms with van der Waals surface area (Å²) in [7, 11) is 0. The molecule has 0 spiro atoms. The molecule has 0 bridgehead atoms. The first-order valence-electron chi connectivity index (χ1n) is 6.37. The van der Waals surface area contributed by atoms with E-state index in [4.69, 9.17) is 4.74 Å². The fourth-order valence-electron chi connectivity index (χ4n) is 1.64. The highest BCUT2D eigenvalue weighted by Crippen LogP contribution is 2.15. The molecule has 0 unspecified atom stereocenters. The van der Waals surface area contributed by atoms with Gasteiger partial charge >= 0.3 is 5.97 Å². The number of ether oxygens (including phenoxy) is 1. The van der Waals surface area contributed by atoms with E-state index in [1.165, 1.54) is 0 Å². The van der Waals surface area contributed by atoms with Gasteiger partial charge in [0, 0.05) is 23.1 Å². The van der Waals surface area contributed by atoms with Crippen LogP contribution in [-0.4, -0.2) is 19.1 Å². The van der Waals surface area contributed by atoms with Crippen molar-refractivity contribution in [3.63, 3.8) is 0 Å². The van der Waals surface area contributed by atoms with E-state index >= 15 is 0 Å². The average Bonchev–Trinajstić information content (AvgIpc) is 2.34. The summed E-state index contributed by atoms with van der Waals surface area (Å²) >= 11 is 3.44. The zero-order valence-corrected chi connectivity index (χ0v) is 12.3. The van der Waals surface area contributed by atoms with E-state index in [2.05, 4.69) is 27.3 Å². The third-order valence-electron chi connectivity index (χ3n) is 2.52. The molecule has 0 aliphatic carbocycles. The highest BCUT2D eigenvalue weighted by molar-refractivity contribution is 9.10. The summed E-state index contributed by atoms with van der Waals surface area (Å²) in [5.41, 5.74) is 1.12. The summed E-state index contributed by atoms with van der Waals surface area (Å²) < 4.78 is 5.95. The van der Waals surface area contributed by atoms with E-state index < -0.39 is 0 Å². The first kappa shape index (κ1) is 15.0. The van der Waals surface area contributed by atoms with Crippen LogP contribution in [0.3, 0.4) is 0 Å². The first-order valence-corrected chi connectivity index (χ1v) is 7.16. The van der Waals surface area contributed by atoms with Gasteiger partial charge in [0.2, 0.25) is 0 Å². The van der Waals surface area contributed by atoms with Gasteiger partial charge in [0.05, 0.1) is 6.61 Å². The van der Waals surface area contributed by atoms with Gasteiger partial charge in [-0.15, -0.1) is 0 Å². The molecule has 0 saturated heterocycles. The van der Waals surface area contributed by atoms with Gasteiger partial charge in [0.25, 0.3) is 0 Å².